The molecule has 2 aromatic carbocycles. The molecule has 0 atom stereocenters. The van der Waals surface area contributed by atoms with Gasteiger partial charge in [-0.15, -0.1) is 0 Å². The predicted molar refractivity (Wildman–Crippen MR) is 106 cm³/mol. The van der Waals surface area contributed by atoms with E-state index in [0.717, 1.165) is 25.9 Å². The van der Waals surface area contributed by atoms with Crippen LogP contribution in [0.2, 0.25) is 0 Å². The van der Waals surface area contributed by atoms with Crippen molar-refractivity contribution in [3.63, 3.8) is 0 Å². The molecule has 7 nitrogen and oxygen atoms in total. The van der Waals surface area contributed by atoms with Crippen molar-refractivity contribution in [3.8, 4) is 0 Å². The van der Waals surface area contributed by atoms with Crippen molar-refractivity contribution < 1.29 is 9.72 Å². The van der Waals surface area contributed by atoms with Crippen molar-refractivity contribution in [1.29, 1.82) is 0 Å². The van der Waals surface area contributed by atoms with Gasteiger partial charge < -0.3 is 9.47 Å². The minimum Gasteiger partial charge on any atom is -0.366 e. The molecule has 0 bridgehead atoms. The van der Waals surface area contributed by atoms with Crippen LogP contribution >= 0.6 is 0 Å². The summed E-state index contributed by atoms with van der Waals surface area (Å²) in [6, 6.07) is 13.9. The second kappa shape index (κ2) is 7.64. The lowest BCUT2D eigenvalue weighted by atomic mass is 10.0. The summed E-state index contributed by atoms with van der Waals surface area (Å²) in [4.78, 5) is 30.0. The standard InChI is InChI=1S/C21H20N4O3/c26-21(16-4-2-1-3-5-16)17-6-7-19(20(14-17)25(27)28)23-11-8-18(9-12-23)24-13-10-22-15-24/h1-7,10,13-15,18H,8-9,11-12H2. The molecule has 4 rings (SSSR count). The van der Waals surface area contributed by atoms with Crippen LogP contribution in [0, 0.1) is 10.1 Å². The SMILES string of the molecule is O=C(c1ccccc1)c1ccc(N2CCC(n3ccnc3)CC2)c([N+](=O)[O-])c1. The van der Waals surface area contributed by atoms with Crippen LogP contribution in [0.1, 0.15) is 34.8 Å². The second-order valence-electron chi connectivity index (χ2n) is 6.88. The number of imidazole rings is 1. The number of hydrogen-bond acceptors (Lipinski definition) is 5. The third kappa shape index (κ3) is 3.51. The third-order valence-corrected chi connectivity index (χ3v) is 5.22. The quantitative estimate of drug-likeness (QED) is 0.384. The zero-order valence-corrected chi connectivity index (χ0v) is 15.3. The average Bonchev–Trinajstić information content (AvgIpc) is 3.28. The number of rotatable bonds is 5. The van der Waals surface area contributed by atoms with Crippen LogP contribution in [-0.2, 0) is 0 Å². The highest BCUT2D eigenvalue weighted by Crippen LogP contribution is 2.34. The molecule has 142 valence electrons. The van der Waals surface area contributed by atoms with E-state index in [1.807, 2.05) is 23.5 Å². The largest absolute Gasteiger partial charge is 0.366 e. The van der Waals surface area contributed by atoms with Gasteiger partial charge in [0.05, 0.1) is 11.3 Å². The summed E-state index contributed by atoms with van der Waals surface area (Å²) in [6.45, 7) is 1.44. The van der Waals surface area contributed by atoms with Gasteiger partial charge in [0.25, 0.3) is 5.69 Å². The normalized spacial score (nSPS) is 14.8. The van der Waals surface area contributed by atoms with Gasteiger partial charge in [-0.3, -0.25) is 14.9 Å². The van der Waals surface area contributed by atoms with Crippen molar-refractivity contribution in [1.82, 2.24) is 9.55 Å². The van der Waals surface area contributed by atoms with Gasteiger partial charge in [0.2, 0.25) is 0 Å². The number of carbonyl (C=O) groups is 1. The summed E-state index contributed by atoms with van der Waals surface area (Å²) >= 11 is 0. The molecule has 0 N–H and O–H groups in total. The van der Waals surface area contributed by atoms with Gasteiger partial charge in [-0.25, -0.2) is 4.98 Å². The first-order valence-corrected chi connectivity index (χ1v) is 9.24. The van der Waals surface area contributed by atoms with Crippen molar-refractivity contribution >= 4 is 17.2 Å². The lowest BCUT2D eigenvalue weighted by Gasteiger charge is -2.33. The lowest BCUT2D eigenvalue weighted by molar-refractivity contribution is -0.384. The van der Waals surface area contributed by atoms with Crippen molar-refractivity contribution in [2.75, 3.05) is 18.0 Å². The van der Waals surface area contributed by atoms with Gasteiger partial charge in [-0.2, -0.15) is 0 Å². The Morgan fingerprint density at radius 2 is 1.82 bits per heavy atom. The molecule has 1 fully saturated rings. The Hall–Kier alpha value is -3.48. The molecule has 3 aromatic rings. The van der Waals surface area contributed by atoms with E-state index in [-0.39, 0.29) is 11.5 Å². The highest BCUT2D eigenvalue weighted by molar-refractivity contribution is 6.09. The summed E-state index contributed by atoms with van der Waals surface area (Å²) in [5, 5.41) is 11.7. The van der Waals surface area contributed by atoms with Gasteiger partial charge in [0, 0.05) is 48.7 Å². The maximum Gasteiger partial charge on any atom is 0.293 e. The molecule has 7 heteroatoms. The Bertz CT molecular complexity index is 978. The van der Waals surface area contributed by atoms with Crippen LogP contribution in [-0.4, -0.2) is 33.3 Å². The van der Waals surface area contributed by atoms with E-state index in [0.29, 0.717) is 22.9 Å². The second-order valence-corrected chi connectivity index (χ2v) is 6.88. The first kappa shape index (κ1) is 17.9. The fourth-order valence-corrected chi connectivity index (χ4v) is 3.72. The number of aromatic nitrogens is 2. The molecule has 0 unspecified atom stereocenters. The van der Waals surface area contributed by atoms with E-state index in [2.05, 4.69) is 9.55 Å². The number of nitro benzene ring substituents is 1. The summed E-state index contributed by atoms with van der Waals surface area (Å²) < 4.78 is 2.09. The molecule has 0 radical (unpaired) electrons. The van der Waals surface area contributed by atoms with Gasteiger partial charge in [0.15, 0.2) is 5.78 Å². The molecule has 0 spiro atoms. The highest BCUT2D eigenvalue weighted by atomic mass is 16.6. The Kier molecular flexibility index (Phi) is 4.89. The Balaban J connectivity index is 1.56. The smallest absolute Gasteiger partial charge is 0.293 e. The first-order valence-electron chi connectivity index (χ1n) is 9.24. The number of hydrogen-bond donors (Lipinski definition) is 0. The minimum atomic E-state index is -0.404. The molecular weight excluding hydrogens is 356 g/mol. The van der Waals surface area contributed by atoms with Crippen LogP contribution in [0.5, 0.6) is 0 Å². The van der Waals surface area contributed by atoms with Crippen LogP contribution in [0.3, 0.4) is 0 Å². The fourth-order valence-electron chi connectivity index (χ4n) is 3.72. The Labute approximate surface area is 162 Å². The molecule has 0 amide bonds. The van der Waals surface area contributed by atoms with Crippen LogP contribution in [0.4, 0.5) is 11.4 Å². The van der Waals surface area contributed by atoms with E-state index in [1.54, 1.807) is 42.6 Å². The molecular formula is C21H20N4O3. The van der Waals surface area contributed by atoms with Gasteiger partial charge in [-0.1, -0.05) is 30.3 Å². The maximum absolute atomic E-state index is 12.6. The van der Waals surface area contributed by atoms with E-state index in [1.165, 1.54) is 6.07 Å². The van der Waals surface area contributed by atoms with Gasteiger partial charge in [-0.05, 0) is 25.0 Å². The Morgan fingerprint density at radius 3 is 2.46 bits per heavy atom. The molecule has 0 aliphatic carbocycles. The molecule has 1 aromatic heterocycles. The number of nitrogens with zero attached hydrogens (tertiary/aromatic N) is 4. The first-order chi connectivity index (χ1) is 13.6. The number of anilines is 1. The lowest BCUT2D eigenvalue weighted by Crippen LogP contribution is -2.34. The number of ketones is 1. The minimum absolute atomic E-state index is 0.0251. The van der Waals surface area contributed by atoms with E-state index in [9.17, 15) is 14.9 Å². The van der Waals surface area contributed by atoms with E-state index < -0.39 is 4.92 Å². The third-order valence-electron chi connectivity index (χ3n) is 5.22. The van der Waals surface area contributed by atoms with Crippen LogP contribution in [0.15, 0.2) is 67.3 Å². The maximum atomic E-state index is 12.6. The van der Waals surface area contributed by atoms with E-state index in [4.69, 9.17) is 0 Å². The molecule has 1 saturated heterocycles. The van der Waals surface area contributed by atoms with Crippen LogP contribution in [0.25, 0.3) is 0 Å². The zero-order chi connectivity index (χ0) is 19.5. The monoisotopic (exact) mass is 376 g/mol. The Morgan fingerprint density at radius 1 is 1.07 bits per heavy atom. The number of carbonyl (C=O) groups excluding carboxylic acids is 1. The number of nitro groups is 1. The van der Waals surface area contributed by atoms with Crippen molar-refractivity contribution in [2.24, 2.45) is 0 Å². The average molecular weight is 376 g/mol. The molecule has 1 aliphatic heterocycles. The molecule has 2 heterocycles. The summed E-state index contributed by atoms with van der Waals surface area (Å²) in [5.41, 5.74) is 1.39. The number of piperidine rings is 1. The van der Waals surface area contributed by atoms with E-state index >= 15 is 0 Å². The summed E-state index contributed by atoms with van der Waals surface area (Å²) in [6.07, 6.45) is 7.30. The molecule has 28 heavy (non-hydrogen) atoms. The topological polar surface area (TPSA) is 81.3 Å². The number of benzene rings is 2. The van der Waals surface area contributed by atoms with Crippen molar-refractivity contribution in [2.45, 2.75) is 18.9 Å². The van der Waals surface area contributed by atoms with Gasteiger partial charge in [0.1, 0.15) is 5.69 Å². The molecule has 0 saturated carbocycles. The molecule has 1 aliphatic rings. The van der Waals surface area contributed by atoms with Crippen LogP contribution < -0.4 is 4.90 Å². The van der Waals surface area contributed by atoms with Gasteiger partial charge >= 0.3 is 0 Å². The zero-order valence-electron chi connectivity index (χ0n) is 15.3. The predicted octanol–water partition coefficient (Wildman–Crippen LogP) is 3.86. The summed E-state index contributed by atoms with van der Waals surface area (Å²) in [7, 11) is 0. The fraction of sp³-hybridized carbons (Fsp3) is 0.238. The van der Waals surface area contributed by atoms with Crippen molar-refractivity contribution in [3.05, 3.63) is 88.5 Å². The highest BCUT2D eigenvalue weighted by Gasteiger charge is 2.26. The summed E-state index contributed by atoms with van der Waals surface area (Å²) in [5.74, 6) is -0.214.